The number of rotatable bonds is 6. The molecular weight excluding hydrogens is 469 g/mol. The SMILES string of the molecule is O=C(CCNS(=O)(=O)c1ccccc1Cl)N1CCCN(c2ccc(C(F)(F)F)cn2)CC1. The van der Waals surface area contributed by atoms with E-state index >= 15 is 0 Å². The molecule has 0 radical (unpaired) electrons. The van der Waals surface area contributed by atoms with Gasteiger partial charge in [-0.3, -0.25) is 4.79 Å². The summed E-state index contributed by atoms with van der Waals surface area (Å²) in [7, 11) is -3.83. The van der Waals surface area contributed by atoms with E-state index in [0.717, 1.165) is 12.3 Å². The molecule has 2 heterocycles. The third-order valence-corrected chi connectivity index (χ3v) is 6.97. The van der Waals surface area contributed by atoms with Crippen LogP contribution in [0.5, 0.6) is 0 Å². The molecule has 12 heteroatoms. The second-order valence-electron chi connectivity index (χ2n) is 7.20. The smallest absolute Gasteiger partial charge is 0.355 e. The van der Waals surface area contributed by atoms with Crippen molar-refractivity contribution >= 4 is 33.3 Å². The fourth-order valence-corrected chi connectivity index (χ4v) is 4.88. The molecule has 1 aromatic heterocycles. The van der Waals surface area contributed by atoms with Crippen LogP contribution in [0.4, 0.5) is 19.0 Å². The van der Waals surface area contributed by atoms with E-state index in [1.54, 1.807) is 17.0 Å². The van der Waals surface area contributed by atoms with E-state index < -0.39 is 21.8 Å². The van der Waals surface area contributed by atoms with Gasteiger partial charge in [0.25, 0.3) is 0 Å². The second kappa shape index (κ2) is 10.1. The zero-order chi connectivity index (χ0) is 23.4. The number of hydrogen-bond acceptors (Lipinski definition) is 5. The molecule has 32 heavy (non-hydrogen) atoms. The Labute approximate surface area is 189 Å². The molecule has 0 aliphatic carbocycles. The lowest BCUT2D eigenvalue weighted by Crippen LogP contribution is -2.37. The number of halogens is 4. The summed E-state index contributed by atoms with van der Waals surface area (Å²) in [6, 6.07) is 8.33. The molecular formula is C20H22ClF3N4O3S. The zero-order valence-electron chi connectivity index (χ0n) is 17.0. The summed E-state index contributed by atoms with van der Waals surface area (Å²) in [6.07, 6.45) is -3.06. The molecule has 1 aromatic carbocycles. The summed E-state index contributed by atoms with van der Waals surface area (Å²) in [5, 5.41) is 0.0933. The molecule has 0 atom stereocenters. The Hall–Kier alpha value is -2.37. The first-order chi connectivity index (χ1) is 15.1. The highest BCUT2D eigenvalue weighted by atomic mass is 35.5. The van der Waals surface area contributed by atoms with E-state index in [0.29, 0.717) is 38.4 Å². The van der Waals surface area contributed by atoms with Gasteiger partial charge in [-0.2, -0.15) is 13.2 Å². The Bertz CT molecular complexity index is 1050. The highest BCUT2D eigenvalue weighted by Gasteiger charge is 2.31. The number of alkyl halides is 3. The predicted octanol–water partition coefficient (Wildman–Crippen LogP) is 3.16. The van der Waals surface area contributed by atoms with Gasteiger partial charge in [0.2, 0.25) is 15.9 Å². The van der Waals surface area contributed by atoms with Crippen molar-refractivity contribution in [2.24, 2.45) is 0 Å². The van der Waals surface area contributed by atoms with Crippen LogP contribution in [0.15, 0.2) is 47.5 Å². The van der Waals surface area contributed by atoms with Gasteiger partial charge in [0.15, 0.2) is 0 Å². The molecule has 1 aliphatic rings. The Morgan fingerprint density at radius 2 is 1.84 bits per heavy atom. The topological polar surface area (TPSA) is 82.6 Å². The van der Waals surface area contributed by atoms with E-state index in [1.807, 2.05) is 4.90 Å². The van der Waals surface area contributed by atoms with Gasteiger partial charge in [-0.25, -0.2) is 18.1 Å². The van der Waals surface area contributed by atoms with Crippen LogP contribution in [0.2, 0.25) is 5.02 Å². The normalized spacial score (nSPS) is 15.5. The molecule has 7 nitrogen and oxygen atoms in total. The number of nitrogens with zero attached hydrogens (tertiary/aromatic N) is 3. The number of sulfonamides is 1. The maximum absolute atomic E-state index is 12.7. The largest absolute Gasteiger partial charge is 0.417 e. The summed E-state index contributed by atoms with van der Waals surface area (Å²) in [5.74, 6) is 0.203. The molecule has 1 N–H and O–H groups in total. The molecule has 1 amide bonds. The first-order valence-corrected chi connectivity index (χ1v) is 11.7. The molecule has 0 spiro atoms. The molecule has 0 unspecified atom stereocenters. The molecule has 1 fully saturated rings. The van der Waals surface area contributed by atoms with Crippen LogP contribution in [0.3, 0.4) is 0 Å². The third kappa shape index (κ3) is 6.11. The van der Waals surface area contributed by atoms with E-state index in [-0.39, 0.29) is 28.8 Å². The van der Waals surface area contributed by atoms with Crippen molar-refractivity contribution in [3.63, 3.8) is 0 Å². The minimum atomic E-state index is -4.44. The van der Waals surface area contributed by atoms with Crippen LogP contribution in [0.1, 0.15) is 18.4 Å². The minimum absolute atomic E-state index is 0.0256. The van der Waals surface area contributed by atoms with Gasteiger partial charge in [-0.1, -0.05) is 23.7 Å². The second-order valence-corrected chi connectivity index (χ2v) is 9.34. The number of anilines is 1. The zero-order valence-corrected chi connectivity index (χ0v) is 18.6. The van der Waals surface area contributed by atoms with Crippen LogP contribution in [-0.4, -0.2) is 56.9 Å². The van der Waals surface area contributed by atoms with Crippen LogP contribution >= 0.6 is 11.6 Å². The van der Waals surface area contributed by atoms with E-state index in [9.17, 15) is 26.4 Å². The van der Waals surface area contributed by atoms with E-state index in [2.05, 4.69) is 9.71 Å². The first-order valence-electron chi connectivity index (χ1n) is 9.88. The van der Waals surface area contributed by atoms with Gasteiger partial charge in [-0.05, 0) is 30.7 Å². The molecule has 0 saturated carbocycles. The van der Waals surface area contributed by atoms with Gasteiger partial charge in [0.05, 0.1) is 10.6 Å². The summed E-state index contributed by atoms with van der Waals surface area (Å²) in [6.45, 7) is 1.70. The van der Waals surface area contributed by atoms with Gasteiger partial charge in [0, 0.05) is 45.3 Å². The van der Waals surface area contributed by atoms with Crippen molar-refractivity contribution < 1.29 is 26.4 Å². The molecule has 2 aromatic rings. The highest BCUT2D eigenvalue weighted by Crippen LogP contribution is 2.29. The number of nitrogens with one attached hydrogen (secondary N) is 1. The molecule has 0 bridgehead atoms. The number of hydrogen-bond donors (Lipinski definition) is 1. The Morgan fingerprint density at radius 3 is 2.50 bits per heavy atom. The highest BCUT2D eigenvalue weighted by molar-refractivity contribution is 7.89. The number of pyridine rings is 1. The van der Waals surface area contributed by atoms with Crippen molar-refractivity contribution in [2.75, 3.05) is 37.6 Å². The average molecular weight is 491 g/mol. The number of amides is 1. The summed E-state index contributed by atoms with van der Waals surface area (Å²) < 4.78 is 65.2. The molecule has 1 saturated heterocycles. The van der Waals surface area contributed by atoms with E-state index in [1.165, 1.54) is 18.2 Å². The summed E-state index contributed by atoms with van der Waals surface area (Å²) >= 11 is 5.93. The van der Waals surface area contributed by atoms with Gasteiger partial charge < -0.3 is 9.80 Å². The van der Waals surface area contributed by atoms with Crippen LogP contribution < -0.4 is 9.62 Å². The third-order valence-electron chi connectivity index (χ3n) is 5.00. The quantitative estimate of drug-likeness (QED) is 0.672. The van der Waals surface area contributed by atoms with Crippen molar-refractivity contribution in [1.82, 2.24) is 14.6 Å². The van der Waals surface area contributed by atoms with Gasteiger partial charge in [-0.15, -0.1) is 0 Å². The van der Waals surface area contributed by atoms with Gasteiger partial charge in [0.1, 0.15) is 10.7 Å². The molecule has 3 rings (SSSR count). The predicted molar refractivity (Wildman–Crippen MR) is 114 cm³/mol. The Kier molecular flexibility index (Phi) is 7.63. The number of carbonyl (C=O) groups excluding carboxylic acids is 1. The van der Waals surface area contributed by atoms with E-state index in [4.69, 9.17) is 11.6 Å². The number of aromatic nitrogens is 1. The molecule has 174 valence electrons. The van der Waals surface area contributed by atoms with Crippen molar-refractivity contribution in [3.05, 3.63) is 53.2 Å². The monoisotopic (exact) mass is 490 g/mol. The van der Waals surface area contributed by atoms with Crippen LogP contribution in [0, 0.1) is 0 Å². The Morgan fingerprint density at radius 1 is 1.09 bits per heavy atom. The number of carbonyl (C=O) groups is 1. The van der Waals surface area contributed by atoms with Crippen LogP contribution in [-0.2, 0) is 21.0 Å². The minimum Gasteiger partial charge on any atom is -0.355 e. The number of benzene rings is 1. The van der Waals surface area contributed by atoms with Gasteiger partial charge >= 0.3 is 6.18 Å². The fraction of sp³-hybridized carbons (Fsp3) is 0.400. The Balaban J connectivity index is 1.52. The lowest BCUT2D eigenvalue weighted by Gasteiger charge is -2.23. The fourth-order valence-electron chi connectivity index (χ4n) is 3.33. The van der Waals surface area contributed by atoms with Crippen molar-refractivity contribution in [3.8, 4) is 0 Å². The average Bonchev–Trinajstić information content (AvgIpc) is 2.99. The first kappa shape index (κ1) is 24.3. The maximum Gasteiger partial charge on any atom is 0.417 e. The lowest BCUT2D eigenvalue weighted by atomic mass is 10.2. The standard InChI is InChI=1S/C20H22ClF3N4O3S/c21-16-4-1-2-5-17(16)32(30,31)26-9-8-19(29)28-11-3-10-27(12-13-28)18-7-6-15(14-25-18)20(22,23)24/h1-2,4-7,14,26H,3,8-13H2. The lowest BCUT2D eigenvalue weighted by molar-refractivity contribution is -0.137. The van der Waals surface area contributed by atoms with Crippen molar-refractivity contribution in [1.29, 1.82) is 0 Å². The molecule has 1 aliphatic heterocycles. The van der Waals surface area contributed by atoms with Crippen molar-refractivity contribution in [2.45, 2.75) is 23.9 Å². The van der Waals surface area contributed by atoms with Crippen LogP contribution in [0.25, 0.3) is 0 Å². The maximum atomic E-state index is 12.7. The summed E-state index contributed by atoms with van der Waals surface area (Å²) in [5.41, 5.74) is -0.813. The summed E-state index contributed by atoms with van der Waals surface area (Å²) in [4.78, 5) is 19.8.